The minimum atomic E-state index is -0.582. The van der Waals surface area contributed by atoms with E-state index in [-0.39, 0.29) is 66.8 Å². The molecule has 6 N–H and O–H groups in total. The Morgan fingerprint density at radius 3 is 1.45 bits per heavy atom. The number of nitrogens with two attached hydrogens (primary N) is 1. The van der Waals surface area contributed by atoms with Crippen LogP contribution in [0.2, 0.25) is 0 Å². The topological polar surface area (TPSA) is 250 Å². The van der Waals surface area contributed by atoms with Crippen molar-refractivity contribution in [2.24, 2.45) is 0 Å². The van der Waals surface area contributed by atoms with Crippen LogP contribution in [0.15, 0.2) is 103 Å². The Morgan fingerprint density at radius 2 is 1.02 bits per heavy atom. The molecule has 4 amide bonds. The number of alkyl carbamates (subject to hydrolysis) is 3. The van der Waals surface area contributed by atoms with Gasteiger partial charge in [0, 0.05) is 62.4 Å². The lowest BCUT2D eigenvalue weighted by molar-refractivity contribution is -0.384. The van der Waals surface area contributed by atoms with Crippen molar-refractivity contribution in [3.63, 3.8) is 0 Å². The maximum absolute atomic E-state index is 11.9. The third-order valence-electron chi connectivity index (χ3n) is 8.99. The highest BCUT2D eigenvalue weighted by molar-refractivity contribution is 5.86. The first-order valence-corrected chi connectivity index (χ1v) is 19.8. The Balaban J connectivity index is 0.000000493. The summed E-state index contributed by atoms with van der Waals surface area (Å²) in [7, 11) is 0. The lowest BCUT2D eigenvalue weighted by atomic mass is 10.2. The van der Waals surface area contributed by atoms with Crippen molar-refractivity contribution in [1.29, 1.82) is 0 Å². The van der Waals surface area contributed by atoms with Crippen molar-refractivity contribution in [3.05, 3.63) is 130 Å². The molecule has 0 saturated carbocycles. The van der Waals surface area contributed by atoms with Crippen LogP contribution in [0, 0.1) is 10.1 Å². The molecule has 3 aliphatic rings. The zero-order valence-corrected chi connectivity index (χ0v) is 33.9. The second-order valence-corrected chi connectivity index (χ2v) is 13.9. The van der Waals surface area contributed by atoms with Crippen LogP contribution < -0.4 is 31.7 Å². The zero-order valence-electron chi connectivity index (χ0n) is 33.9. The van der Waals surface area contributed by atoms with Crippen molar-refractivity contribution in [3.8, 4) is 5.75 Å². The minimum absolute atomic E-state index is 0. The van der Waals surface area contributed by atoms with E-state index < -0.39 is 29.3 Å². The standard InChI is InChI=1S/C19H20N2O5.C12H14N2O5.C12H16N2O3.4CH4/c22-18(26-17-9-10-24-13-17)20-12-14-5-4-6-15(11-14)21-19(23)25-16-7-2-1-3-8-16;15-12(19-11-4-5-18-8-11)13-7-9-2-1-3-10(6-9)14(16)17;13-10-3-1-2-9(6-10)7-14-12(15)17-11-4-5-16-8-11;;;;/h1-8,11,17H,9-10,12-13H2,(H,20,22)(H,21,23);1-3,6,11H,4-5,7-8H2,(H,13,15);1-3,6,11H,4-5,7-8,13H2,(H,14,15);4*1H4/t17-;2*11-;;;;/m000..../s1. The molecule has 4 aromatic rings. The van der Waals surface area contributed by atoms with Crippen LogP contribution in [0.1, 0.15) is 65.7 Å². The molecule has 3 fully saturated rings. The number of carbonyl (C=O) groups excluding carboxylic acids is 4. The number of anilines is 2. The van der Waals surface area contributed by atoms with Gasteiger partial charge in [0.05, 0.1) is 44.6 Å². The summed E-state index contributed by atoms with van der Waals surface area (Å²) in [6.45, 7) is 4.12. The quantitative estimate of drug-likeness (QED) is 0.0386. The van der Waals surface area contributed by atoms with Gasteiger partial charge in [-0.3, -0.25) is 15.4 Å². The lowest BCUT2D eigenvalue weighted by Gasteiger charge is -2.12. The van der Waals surface area contributed by atoms with Crippen LogP contribution in [0.4, 0.5) is 36.2 Å². The Hall–Kier alpha value is -6.96. The molecule has 3 atom stereocenters. The average Bonchev–Trinajstić information content (AvgIpc) is 4.09. The van der Waals surface area contributed by atoms with Gasteiger partial charge in [-0.25, -0.2) is 19.2 Å². The van der Waals surface area contributed by atoms with Crippen LogP contribution in [-0.2, 0) is 48.1 Å². The van der Waals surface area contributed by atoms with Gasteiger partial charge in [-0.1, -0.05) is 84.3 Å². The number of carbonyl (C=O) groups is 4. The molecule has 3 aliphatic heterocycles. The number of non-ortho nitro benzene ring substituents is 1. The number of nitrogen functional groups attached to an aromatic ring is 1. The summed E-state index contributed by atoms with van der Waals surface area (Å²) >= 11 is 0. The molecule has 3 saturated heterocycles. The third-order valence-corrected chi connectivity index (χ3v) is 8.99. The molecule has 0 radical (unpaired) electrons. The van der Waals surface area contributed by atoms with E-state index in [0.717, 1.165) is 24.0 Å². The third kappa shape index (κ3) is 21.6. The molecule has 3 heterocycles. The fourth-order valence-corrected chi connectivity index (χ4v) is 5.90. The number of hydrogen-bond acceptors (Lipinski definition) is 14. The van der Waals surface area contributed by atoms with Gasteiger partial charge < -0.3 is 54.8 Å². The van der Waals surface area contributed by atoms with E-state index >= 15 is 0 Å². The molecule has 362 valence electrons. The summed E-state index contributed by atoms with van der Waals surface area (Å²) in [5, 5.41) is 21.2. The van der Waals surface area contributed by atoms with Gasteiger partial charge in [0.2, 0.25) is 0 Å². The highest BCUT2D eigenvalue weighted by Crippen LogP contribution is 2.16. The highest BCUT2D eigenvalue weighted by Gasteiger charge is 2.22. The molecule has 0 unspecified atom stereocenters. The van der Waals surface area contributed by atoms with Crippen molar-refractivity contribution >= 4 is 41.4 Å². The maximum Gasteiger partial charge on any atom is 0.417 e. The number of nitro benzene ring substituents is 1. The van der Waals surface area contributed by atoms with Crippen molar-refractivity contribution < 1.29 is 57.3 Å². The second kappa shape index (κ2) is 31.0. The first-order chi connectivity index (χ1) is 30.1. The predicted molar refractivity (Wildman–Crippen MR) is 251 cm³/mol. The van der Waals surface area contributed by atoms with Gasteiger partial charge >= 0.3 is 24.4 Å². The van der Waals surface area contributed by atoms with Crippen molar-refractivity contribution in [2.45, 2.75) is 86.9 Å². The average molecular weight is 923 g/mol. The SMILES string of the molecule is C.C.C.C.Nc1cccc(CNC(=O)O[C@H]2CCOC2)c1.O=C(NCc1cccc([N+](=O)[O-])c1)O[C@H]1CCOC1.O=C(Nc1cccc(CNC(=O)O[C@H]2CCOC2)c1)Oc1ccccc1. The lowest BCUT2D eigenvalue weighted by Crippen LogP contribution is -2.28. The first kappa shape index (κ1) is 57.1. The van der Waals surface area contributed by atoms with E-state index in [1.54, 1.807) is 60.7 Å². The number of ether oxygens (including phenoxy) is 7. The van der Waals surface area contributed by atoms with Crippen LogP contribution in [0.3, 0.4) is 0 Å². The summed E-state index contributed by atoms with van der Waals surface area (Å²) < 4.78 is 36.0. The van der Waals surface area contributed by atoms with Crippen molar-refractivity contribution in [2.75, 3.05) is 50.7 Å². The minimum Gasteiger partial charge on any atom is -0.444 e. The maximum atomic E-state index is 11.9. The van der Waals surface area contributed by atoms with Gasteiger partial charge in [0.15, 0.2) is 0 Å². The molecule has 4 aromatic carbocycles. The zero-order chi connectivity index (χ0) is 43.9. The van der Waals surface area contributed by atoms with Gasteiger partial charge in [-0.2, -0.15) is 0 Å². The van der Waals surface area contributed by atoms with Gasteiger partial charge in [0.1, 0.15) is 24.1 Å². The van der Waals surface area contributed by atoms with E-state index in [1.807, 2.05) is 30.3 Å². The van der Waals surface area contributed by atoms with E-state index in [2.05, 4.69) is 21.3 Å². The molecule has 66 heavy (non-hydrogen) atoms. The molecule has 19 nitrogen and oxygen atoms in total. The fourth-order valence-electron chi connectivity index (χ4n) is 5.90. The molecular weight excluding hydrogens is 857 g/mol. The molecule has 0 spiro atoms. The number of amides is 4. The number of hydrogen-bond donors (Lipinski definition) is 5. The summed E-state index contributed by atoms with van der Waals surface area (Å²) in [4.78, 5) is 56.7. The Bertz CT molecular complexity index is 2060. The molecule has 19 heteroatoms. The molecule has 7 rings (SSSR count). The Labute approximate surface area is 387 Å². The largest absolute Gasteiger partial charge is 0.444 e. The summed E-state index contributed by atoms with van der Waals surface area (Å²) in [6, 6.07) is 29.4. The summed E-state index contributed by atoms with van der Waals surface area (Å²) in [5.41, 5.74) is 9.31. The highest BCUT2D eigenvalue weighted by atomic mass is 16.6. The number of benzene rings is 4. The molecule has 0 bridgehead atoms. The van der Waals surface area contributed by atoms with Crippen LogP contribution in [-0.4, -0.2) is 87.2 Å². The monoisotopic (exact) mass is 922 g/mol. The number of nitrogens with zero attached hydrogens (tertiary/aromatic N) is 1. The van der Waals surface area contributed by atoms with Gasteiger partial charge in [-0.15, -0.1) is 0 Å². The smallest absolute Gasteiger partial charge is 0.417 e. The van der Waals surface area contributed by atoms with E-state index in [0.29, 0.717) is 75.3 Å². The van der Waals surface area contributed by atoms with E-state index in [1.165, 1.54) is 12.1 Å². The second-order valence-electron chi connectivity index (χ2n) is 13.9. The number of nitrogens with one attached hydrogen (secondary N) is 4. The molecule has 0 aromatic heterocycles. The molecular formula is C47H66N6O13. The fraction of sp³-hybridized carbons (Fsp3) is 0.404. The normalized spacial score (nSPS) is 16.3. The number of para-hydroxylation sites is 1. The van der Waals surface area contributed by atoms with Crippen LogP contribution in [0.25, 0.3) is 0 Å². The first-order valence-electron chi connectivity index (χ1n) is 19.8. The number of nitro groups is 1. The summed E-state index contributed by atoms with van der Waals surface area (Å²) in [6.07, 6.45) is -0.335. The van der Waals surface area contributed by atoms with Gasteiger partial charge in [0.25, 0.3) is 5.69 Å². The van der Waals surface area contributed by atoms with Crippen molar-refractivity contribution in [1.82, 2.24) is 16.0 Å². The predicted octanol–water partition coefficient (Wildman–Crippen LogP) is 8.75. The Kier molecular flexibility index (Phi) is 26.8. The number of rotatable bonds is 12. The van der Waals surface area contributed by atoms with Gasteiger partial charge in [-0.05, 0) is 53.1 Å². The Morgan fingerprint density at radius 1 is 0.576 bits per heavy atom. The van der Waals surface area contributed by atoms with Crippen LogP contribution in [0.5, 0.6) is 5.75 Å². The van der Waals surface area contributed by atoms with E-state index in [4.69, 9.17) is 38.9 Å². The molecule has 0 aliphatic carbocycles. The summed E-state index contributed by atoms with van der Waals surface area (Å²) in [5.74, 6) is 0.460. The van der Waals surface area contributed by atoms with Crippen LogP contribution >= 0.6 is 0 Å². The van der Waals surface area contributed by atoms with E-state index in [9.17, 15) is 29.3 Å².